The summed E-state index contributed by atoms with van der Waals surface area (Å²) in [5.41, 5.74) is 0.674. The largest absolute Gasteiger partial charge is 0.394 e. The van der Waals surface area contributed by atoms with Gasteiger partial charge in [0.1, 0.15) is 24.0 Å². The van der Waals surface area contributed by atoms with Crippen LogP contribution >= 0.6 is 0 Å². The van der Waals surface area contributed by atoms with E-state index in [0.29, 0.717) is 0 Å². The zero-order valence-corrected chi connectivity index (χ0v) is 11.6. The molecule has 3 atom stereocenters. The second-order valence-electron chi connectivity index (χ2n) is 4.34. The first-order chi connectivity index (χ1) is 10.0. The molecule has 0 aliphatic carbocycles. The first-order valence-corrected chi connectivity index (χ1v) is 6.26. The first-order valence-electron chi connectivity index (χ1n) is 6.26. The molecule has 0 unspecified atom stereocenters. The van der Waals surface area contributed by atoms with Gasteiger partial charge in [0.15, 0.2) is 0 Å². The van der Waals surface area contributed by atoms with E-state index in [4.69, 9.17) is 10.9 Å². The molecule has 0 amide bonds. The maximum atomic E-state index is 9.82. The van der Waals surface area contributed by atoms with E-state index in [-0.39, 0.29) is 5.71 Å². The summed E-state index contributed by atoms with van der Waals surface area (Å²) in [5, 5.41) is 46.3. The number of rotatable bonds is 7. The topological polar surface area (TPSA) is 135 Å². The highest BCUT2D eigenvalue weighted by molar-refractivity contribution is 6.32. The number of aliphatic hydroxyl groups is 4. The van der Waals surface area contributed by atoms with Crippen LogP contribution in [-0.2, 0) is 0 Å². The van der Waals surface area contributed by atoms with Gasteiger partial charge < -0.3 is 26.3 Å². The Hall–Kier alpha value is -2.00. The molecule has 6 N–H and O–H groups in total. The molecule has 0 saturated carbocycles. The third kappa shape index (κ3) is 4.80. The predicted molar refractivity (Wildman–Crippen MR) is 80.1 cm³/mol. The molecular formula is C13H20N4O4. The SMILES string of the molecule is CN(/N=C\C(=N/N)[C@@H](O)[C@@H](O)[C@H](O)CO)c1ccccc1. The zero-order valence-electron chi connectivity index (χ0n) is 11.6. The van der Waals surface area contributed by atoms with Crippen molar-refractivity contribution in [2.24, 2.45) is 16.0 Å². The minimum atomic E-state index is -1.62. The summed E-state index contributed by atoms with van der Waals surface area (Å²) in [6.45, 7) is -0.697. The fraction of sp³-hybridized carbons (Fsp3) is 0.385. The van der Waals surface area contributed by atoms with Crippen LogP contribution in [0.5, 0.6) is 0 Å². The lowest BCUT2D eigenvalue weighted by atomic mass is 10.0. The number of benzene rings is 1. The van der Waals surface area contributed by atoms with Crippen molar-refractivity contribution in [3.8, 4) is 0 Å². The van der Waals surface area contributed by atoms with Crippen LogP contribution in [-0.4, -0.2) is 64.3 Å². The van der Waals surface area contributed by atoms with Gasteiger partial charge in [-0.05, 0) is 12.1 Å². The third-order valence-corrected chi connectivity index (χ3v) is 2.85. The van der Waals surface area contributed by atoms with Crippen molar-refractivity contribution in [1.29, 1.82) is 0 Å². The number of nitrogens with zero attached hydrogens (tertiary/aromatic N) is 3. The Kier molecular flexibility index (Phi) is 6.76. The maximum absolute atomic E-state index is 9.82. The lowest BCUT2D eigenvalue weighted by Gasteiger charge is -2.21. The average molecular weight is 296 g/mol. The van der Waals surface area contributed by atoms with Gasteiger partial charge in [-0.25, -0.2) is 0 Å². The van der Waals surface area contributed by atoms with Gasteiger partial charge in [-0.1, -0.05) is 18.2 Å². The summed E-state index contributed by atoms with van der Waals surface area (Å²) < 4.78 is 0. The highest BCUT2D eigenvalue weighted by Gasteiger charge is 2.27. The smallest absolute Gasteiger partial charge is 0.128 e. The summed E-state index contributed by atoms with van der Waals surface area (Å²) in [5.74, 6) is 5.14. The molecule has 0 aliphatic heterocycles. The molecule has 0 spiro atoms. The zero-order chi connectivity index (χ0) is 15.8. The Morgan fingerprint density at radius 1 is 1.29 bits per heavy atom. The van der Waals surface area contributed by atoms with Crippen LogP contribution in [0.4, 0.5) is 5.69 Å². The van der Waals surface area contributed by atoms with Crippen molar-refractivity contribution >= 4 is 17.6 Å². The van der Waals surface area contributed by atoms with Gasteiger partial charge in [0.25, 0.3) is 0 Å². The van der Waals surface area contributed by atoms with Crippen molar-refractivity contribution in [2.45, 2.75) is 18.3 Å². The quantitative estimate of drug-likeness (QED) is 0.236. The second kappa shape index (κ2) is 8.32. The number of hydrazone groups is 2. The van der Waals surface area contributed by atoms with Crippen molar-refractivity contribution in [3.63, 3.8) is 0 Å². The van der Waals surface area contributed by atoms with Gasteiger partial charge >= 0.3 is 0 Å². The molecule has 8 heteroatoms. The Morgan fingerprint density at radius 2 is 1.90 bits per heavy atom. The van der Waals surface area contributed by atoms with E-state index in [2.05, 4.69) is 10.2 Å². The van der Waals surface area contributed by atoms with Crippen LogP contribution in [0.3, 0.4) is 0 Å². The lowest BCUT2D eigenvalue weighted by Crippen LogP contribution is -2.44. The third-order valence-electron chi connectivity index (χ3n) is 2.85. The van der Waals surface area contributed by atoms with Gasteiger partial charge in [-0.3, -0.25) is 5.01 Å². The predicted octanol–water partition coefficient (Wildman–Crippen LogP) is -1.50. The van der Waals surface area contributed by atoms with Crippen LogP contribution in [0.1, 0.15) is 0 Å². The number of anilines is 1. The van der Waals surface area contributed by atoms with Crippen LogP contribution in [0.25, 0.3) is 0 Å². The van der Waals surface area contributed by atoms with Crippen molar-refractivity contribution in [2.75, 3.05) is 18.7 Å². The van der Waals surface area contributed by atoms with Gasteiger partial charge in [-0.15, -0.1) is 0 Å². The van der Waals surface area contributed by atoms with Crippen LogP contribution in [0, 0.1) is 0 Å². The second-order valence-corrected chi connectivity index (χ2v) is 4.34. The Bertz CT molecular complexity index is 480. The van der Waals surface area contributed by atoms with Gasteiger partial charge in [0.05, 0.1) is 18.5 Å². The standard InChI is InChI=1S/C13H20N4O4/c1-17(9-5-3-2-4-6-9)15-7-10(16-14)12(20)13(21)11(19)8-18/h2-7,11-13,18-21H,8,14H2,1H3/b15-7-,16-10+/t11-,12-,13+/m1/s1. The molecule has 0 saturated heterocycles. The van der Waals surface area contributed by atoms with Gasteiger partial charge in [0, 0.05) is 7.05 Å². The van der Waals surface area contributed by atoms with Crippen molar-refractivity contribution in [1.82, 2.24) is 0 Å². The molecule has 0 aliphatic rings. The molecule has 1 aromatic carbocycles. The summed E-state index contributed by atoms with van der Waals surface area (Å²) in [7, 11) is 1.69. The number of para-hydroxylation sites is 1. The fourth-order valence-electron chi connectivity index (χ4n) is 1.54. The van der Waals surface area contributed by atoms with E-state index in [1.807, 2.05) is 30.3 Å². The Morgan fingerprint density at radius 3 is 2.43 bits per heavy atom. The van der Waals surface area contributed by atoms with Crippen LogP contribution < -0.4 is 10.9 Å². The van der Waals surface area contributed by atoms with E-state index in [0.717, 1.165) is 5.69 Å². The summed E-state index contributed by atoms with van der Waals surface area (Å²) >= 11 is 0. The highest BCUT2D eigenvalue weighted by atomic mass is 16.4. The Balaban J connectivity index is 2.76. The molecule has 0 heterocycles. The molecular weight excluding hydrogens is 276 g/mol. The van der Waals surface area contributed by atoms with E-state index < -0.39 is 24.9 Å². The number of nitrogens with two attached hydrogens (primary N) is 1. The van der Waals surface area contributed by atoms with E-state index in [1.54, 1.807) is 7.05 Å². The van der Waals surface area contributed by atoms with Crippen LogP contribution in [0.15, 0.2) is 40.5 Å². The van der Waals surface area contributed by atoms with E-state index in [1.165, 1.54) is 11.2 Å². The molecule has 0 fully saturated rings. The molecule has 0 bridgehead atoms. The number of hydrogen-bond acceptors (Lipinski definition) is 8. The molecule has 1 aromatic rings. The normalized spacial score (nSPS) is 16.7. The van der Waals surface area contributed by atoms with E-state index in [9.17, 15) is 15.3 Å². The molecule has 0 aromatic heterocycles. The summed E-state index contributed by atoms with van der Waals surface area (Å²) in [6.07, 6.45) is -3.52. The fourth-order valence-corrected chi connectivity index (χ4v) is 1.54. The van der Waals surface area contributed by atoms with Crippen LogP contribution in [0.2, 0.25) is 0 Å². The van der Waals surface area contributed by atoms with Gasteiger partial charge in [-0.2, -0.15) is 10.2 Å². The molecule has 0 radical (unpaired) electrons. The molecule has 116 valence electrons. The molecule has 21 heavy (non-hydrogen) atoms. The lowest BCUT2D eigenvalue weighted by molar-refractivity contribution is -0.0549. The minimum Gasteiger partial charge on any atom is -0.394 e. The molecule has 8 nitrogen and oxygen atoms in total. The highest BCUT2D eigenvalue weighted by Crippen LogP contribution is 2.10. The molecule has 1 rings (SSSR count). The van der Waals surface area contributed by atoms with Crippen molar-refractivity contribution in [3.05, 3.63) is 30.3 Å². The maximum Gasteiger partial charge on any atom is 0.128 e. The summed E-state index contributed by atoms with van der Waals surface area (Å²) in [6, 6.07) is 9.21. The number of aliphatic hydroxyl groups excluding tert-OH is 4. The summed E-state index contributed by atoms with van der Waals surface area (Å²) in [4.78, 5) is 0. The average Bonchev–Trinajstić information content (AvgIpc) is 2.54. The first kappa shape index (κ1) is 17.1. The monoisotopic (exact) mass is 296 g/mol. The van der Waals surface area contributed by atoms with Crippen molar-refractivity contribution < 1.29 is 20.4 Å². The number of hydrogen-bond donors (Lipinski definition) is 5. The minimum absolute atomic E-state index is 0.127. The van der Waals surface area contributed by atoms with Gasteiger partial charge in [0.2, 0.25) is 0 Å². The van der Waals surface area contributed by atoms with E-state index >= 15 is 0 Å². The Labute approximate surface area is 122 Å².